The molecule has 1 spiro atoms. The first-order valence-corrected chi connectivity index (χ1v) is 18.1. The van der Waals surface area contributed by atoms with Gasteiger partial charge < -0.3 is 15.5 Å². The van der Waals surface area contributed by atoms with E-state index in [0.717, 1.165) is 11.8 Å². The highest BCUT2D eigenvalue weighted by Gasteiger charge is 2.63. The Hall–Kier alpha value is -3.51. The van der Waals surface area contributed by atoms with E-state index in [0.29, 0.717) is 45.3 Å². The molecular weight excluding hydrogens is 666 g/mol. The molecule has 0 aliphatic carbocycles. The number of anilines is 1. The fourth-order valence-electron chi connectivity index (χ4n) is 7.59. The minimum atomic E-state index is -3.33. The number of halogens is 3. The number of sulfonamides is 1. The number of carbonyl (C=O) groups is 3. The summed E-state index contributed by atoms with van der Waals surface area (Å²) in [6.45, 7) is 2.54. The number of rotatable bonds is 7. The van der Waals surface area contributed by atoms with Crippen LogP contribution in [-0.2, 0) is 29.8 Å². The van der Waals surface area contributed by atoms with Crippen LogP contribution >= 0.6 is 23.2 Å². The van der Waals surface area contributed by atoms with Crippen molar-refractivity contribution in [2.75, 3.05) is 37.8 Å². The lowest BCUT2D eigenvalue weighted by molar-refractivity contribution is -0.146. The number of hydrogen-bond donors (Lipinski definition) is 2. The molecule has 3 amide bonds. The molecule has 0 radical (unpaired) electrons. The SMILES string of the molecule is Cc1ccc(F)cc1[C@H]1CC(=O)N(CCNC(=O)C2CCN(S(C)(=O)=O)CC2)[C@@H](c2cccc(Cl)c2)[C@]12C(=O)Nc1cc(Cl)ccc12. The molecule has 13 heteroatoms. The molecule has 3 heterocycles. The summed E-state index contributed by atoms with van der Waals surface area (Å²) < 4.78 is 40.0. The van der Waals surface area contributed by atoms with Crippen molar-refractivity contribution in [1.82, 2.24) is 14.5 Å². The van der Waals surface area contributed by atoms with Crippen LogP contribution in [0.2, 0.25) is 10.0 Å². The van der Waals surface area contributed by atoms with Gasteiger partial charge in [-0.15, -0.1) is 0 Å². The van der Waals surface area contributed by atoms with E-state index in [9.17, 15) is 27.2 Å². The number of hydrogen-bond acceptors (Lipinski definition) is 5. The van der Waals surface area contributed by atoms with Gasteiger partial charge in [0.05, 0.1) is 12.3 Å². The van der Waals surface area contributed by atoms with Gasteiger partial charge in [-0.1, -0.05) is 47.5 Å². The van der Waals surface area contributed by atoms with Gasteiger partial charge in [0.2, 0.25) is 27.7 Å². The van der Waals surface area contributed by atoms with Crippen molar-refractivity contribution >= 4 is 56.6 Å². The molecule has 3 aromatic carbocycles. The molecule has 3 aromatic rings. The minimum Gasteiger partial charge on any atom is -0.354 e. The Balaban J connectivity index is 1.39. The molecule has 3 aliphatic heterocycles. The zero-order valence-electron chi connectivity index (χ0n) is 25.9. The van der Waals surface area contributed by atoms with Crippen molar-refractivity contribution < 1.29 is 27.2 Å². The average molecular weight is 702 g/mol. The molecule has 2 N–H and O–H groups in total. The Labute approximate surface area is 283 Å². The number of likely N-dealkylation sites (tertiary alicyclic amines) is 1. The highest BCUT2D eigenvalue weighted by atomic mass is 35.5. The molecule has 0 unspecified atom stereocenters. The molecule has 3 atom stereocenters. The Morgan fingerprint density at radius 3 is 2.47 bits per heavy atom. The van der Waals surface area contributed by atoms with Gasteiger partial charge in [-0.25, -0.2) is 17.1 Å². The van der Waals surface area contributed by atoms with Gasteiger partial charge in [0.15, 0.2) is 0 Å². The summed E-state index contributed by atoms with van der Waals surface area (Å²) in [5, 5.41) is 6.79. The van der Waals surface area contributed by atoms with Crippen LogP contribution in [0.3, 0.4) is 0 Å². The van der Waals surface area contributed by atoms with E-state index in [1.807, 2.05) is 13.0 Å². The van der Waals surface area contributed by atoms with Crippen molar-refractivity contribution in [3.05, 3.63) is 98.8 Å². The average Bonchev–Trinajstić information content (AvgIpc) is 3.30. The Morgan fingerprint density at radius 2 is 1.77 bits per heavy atom. The number of fused-ring (bicyclic) bond motifs is 2. The highest BCUT2D eigenvalue weighted by molar-refractivity contribution is 7.88. The van der Waals surface area contributed by atoms with E-state index in [4.69, 9.17) is 23.2 Å². The molecule has 248 valence electrons. The standard InChI is InChI=1S/C34H35Cl2FN4O5S/c1-20-6-8-25(37)18-26(20)28-19-30(42)41(15-12-38-32(43)21-10-13-40(14-11-21)47(2,45)46)31(22-4-3-5-23(35)16-22)34(28)27-9-7-24(36)17-29(27)39-33(34)44/h3-9,16-18,21,28,31H,10-15,19H2,1-2H3,(H,38,43)(H,39,44)/t28-,31+,34-/m1/s1. The Kier molecular flexibility index (Phi) is 9.12. The number of aryl methyl sites for hydroxylation is 1. The fraction of sp³-hybridized carbons (Fsp3) is 0.382. The number of benzene rings is 3. The van der Waals surface area contributed by atoms with E-state index < -0.39 is 33.2 Å². The summed E-state index contributed by atoms with van der Waals surface area (Å²) >= 11 is 12.9. The summed E-state index contributed by atoms with van der Waals surface area (Å²) in [6, 6.07) is 15.7. The second-order valence-corrected chi connectivity index (χ2v) is 15.4. The van der Waals surface area contributed by atoms with E-state index >= 15 is 0 Å². The molecule has 2 saturated heterocycles. The maximum absolute atomic E-state index is 14.8. The molecule has 0 bridgehead atoms. The van der Waals surface area contributed by atoms with Crippen molar-refractivity contribution in [3.8, 4) is 0 Å². The molecule has 2 fully saturated rings. The number of amides is 3. The van der Waals surface area contributed by atoms with Gasteiger partial charge in [0.1, 0.15) is 11.2 Å². The van der Waals surface area contributed by atoms with Crippen LogP contribution in [0.4, 0.5) is 10.1 Å². The first kappa shape index (κ1) is 33.4. The van der Waals surface area contributed by atoms with Crippen molar-refractivity contribution in [2.45, 2.75) is 43.6 Å². The smallest absolute Gasteiger partial charge is 0.238 e. The summed E-state index contributed by atoms with van der Waals surface area (Å²) in [5.74, 6) is -2.42. The summed E-state index contributed by atoms with van der Waals surface area (Å²) in [7, 11) is -3.33. The van der Waals surface area contributed by atoms with E-state index in [1.54, 1.807) is 47.4 Å². The maximum Gasteiger partial charge on any atom is 0.238 e. The van der Waals surface area contributed by atoms with E-state index in [2.05, 4.69) is 10.6 Å². The topological polar surface area (TPSA) is 116 Å². The van der Waals surface area contributed by atoms with Crippen molar-refractivity contribution in [3.63, 3.8) is 0 Å². The van der Waals surface area contributed by atoms with Gasteiger partial charge in [0, 0.05) is 60.2 Å². The lowest BCUT2D eigenvalue weighted by atomic mass is 9.58. The van der Waals surface area contributed by atoms with Crippen LogP contribution in [0.25, 0.3) is 0 Å². The molecule has 47 heavy (non-hydrogen) atoms. The van der Waals surface area contributed by atoms with Crippen LogP contribution < -0.4 is 10.6 Å². The zero-order valence-corrected chi connectivity index (χ0v) is 28.3. The number of nitrogens with one attached hydrogen (secondary N) is 2. The van der Waals surface area contributed by atoms with Crippen LogP contribution in [0.15, 0.2) is 60.7 Å². The lowest BCUT2D eigenvalue weighted by Crippen LogP contribution is -2.59. The van der Waals surface area contributed by atoms with Crippen molar-refractivity contribution in [1.29, 1.82) is 0 Å². The van der Waals surface area contributed by atoms with Crippen LogP contribution in [0, 0.1) is 18.7 Å². The molecular formula is C34H35Cl2FN4O5S. The Morgan fingerprint density at radius 1 is 1.04 bits per heavy atom. The predicted molar refractivity (Wildman–Crippen MR) is 178 cm³/mol. The fourth-order valence-corrected chi connectivity index (χ4v) is 8.83. The summed E-state index contributed by atoms with van der Waals surface area (Å²) in [6.07, 6.45) is 1.85. The summed E-state index contributed by atoms with van der Waals surface area (Å²) in [4.78, 5) is 43.6. The molecule has 0 saturated carbocycles. The molecule has 3 aliphatic rings. The maximum atomic E-state index is 14.8. The number of piperidine rings is 2. The van der Waals surface area contributed by atoms with E-state index in [1.165, 1.54) is 16.4 Å². The third-order valence-electron chi connectivity index (χ3n) is 9.77. The number of carbonyl (C=O) groups excluding carboxylic acids is 3. The lowest BCUT2D eigenvalue weighted by Gasteiger charge is -2.52. The van der Waals surface area contributed by atoms with Crippen LogP contribution in [0.1, 0.15) is 53.5 Å². The third kappa shape index (κ3) is 6.14. The Bertz CT molecular complexity index is 1870. The summed E-state index contributed by atoms with van der Waals surface area (Å²) in [5.41, 5.74) is 1.64. The van der Waals surface area contributed by atoms with Gasteiger partial charge in [-0.3, -0.25) is 14.4 Å². The van der Waals surface area contributed by atoms with Crippen molar-refractivity contribution in [2.24, 2.45) is 5.92 Å². The normalized spacial score (nSPS) is 23.6. The zero-order chi connectivity index (χ0) is 33.7. The van der Waals surface area contributed by atoms with Crippen LogP contribution in [0.5, 0.6) is 0 Å². The first-order chi connectivity index (χ1) is 22.3. The van der Waals surface area contributed by atoms with Gasteiger partial charge >= 0.3 is 0 Å². The van der Waals surface area contributed by atoms with Gasteiger partial charge in [-0.05, 0) is 78.4 Å². The monoisotopic (exact) mass is 700 g/mol. The second-order valence-electron chi connectivity index (χ2n) is 12.5. The third-order valence-corrected chi connectivity index (χ3v) is 11.5. The second kappa shape index (κ2) is 12.8. The van der Waals surface area contributed by atoms with Gasteiger partial charge in [-0.2, -0.15) is 0 Å². The van der Waals surface area contributed by atoms with Gasteiger partial charge in [0.25, 0.3) is 0 Å². The highest BCUT2D eigenvalue weighted by Crippen LogP contribution is 2.60. The predicted octanol–water partition coefficient (Wildman–Crippen LogP) is 5.18. The first-order valence-electron chi connectivity index (χ1n) is 15.5. The molecule has 6 rings (SSSR count). The minimum absolute atomic E-state index is 0.0801. The molecule has 9 nitrogen and oxygen atoms in total. The quantitative estimate of drug-likeness (QED) is 0.353. The van der Waals surface area contributed by atoms with Crippen LogP contribution in [-0.4, -0.2) is 67.8 Å². The number of nitrogens with zero attached hydrogens (tertiary/aromatic N) is 2. The largest absolute Gasteiger partial charge is 0.354 e. The molecule has 0 aromatic heterocycles. The van der Waals surface area contributed by atoms with E-state index in [-0.39, 0.29) is 56.2 Å².